The molecule has 10 nitrogen and oxygen atoms in total. The molecule has 1 aromatic rings. The Bertz CT molecular complexity index is 515. The molecule has 0 aliphatic carbocycles. The number of carboxylic acid groups (broad SMARTS) is 2. The Morgan fingerprint density at radius 2 is 2.05 bits per heavy atom. The minimum absolute atomic E-state index is 0.191. The van der Waals surface area contributed by atoms with Crippen LogP contribution in [0.25, 0.3) is 0 Å². The average molecular weight is 300 g/mol. The molecule has 0 bridgehead atoms. The molecule has 21 heavy (non-hydrogen) atoms. The van der Waals surface area contributed by atoms with E-state index in [1.165, 1.54) is 0 Å². The molecule has 4 N–H and O–H groups in total. The summed E-state index contributed by atoms with van der Waals surface area (Å²) in [7, 11) is 0. The van der Waals surface area contributed by atoms with Gasteiger partial charge in [0.2, 0.25) is 5.89 Å². The maximum absolute atomic E-state index is 11.5. The van der Waals surface area contributed by atoms with Crippen molar-refractivity contribution >= 4 is 18.0 Å². The van der Waals surface area contributed by atoms with Gasteiger partial charge in [-0.1, -0.05) is 5.16 Å². The predicted molar refractivity (Wildman–Crippen MR) is 67.6 cm³/mol. The van der Waals surface area contributed by atoms with Gasteiger partial charge in [0.05, 0.1) is 0 Å². The van der Waals surface area contributed by atoms with Gasteiger partial charge in [-0.25, -0.2) is 9.59 Å². The molecule has 10 heteroatoms. The summed E-state index contributed by atoms with van der Waals surface area (Å²) in [6.07, 6.45) is -0.209. The van der Waals surface area contributed by atoms with E-state index in [0.29, 0.717) is 18.1 Å². The topological polar surface area (TPSA) is 155 Å². The zero-order valence-corrected chi connectivity index (χ0v) is 11.3. The van der Waals surface area contributed by atoms with Crippen LogP contribution in [0.1, 0.15) is 24.6 Å². The molecule has 0 saturated heterocycles. The first kappa shape index (κ1) is 16.4. The van der Waals surface area contributed by atoms with E-state index in [9.17, 15) is 14.4 Å². The van der Waals surface area contributed by atoms with Crippen molar-refractivity contribution in [2.24, 2.45) is 0 Å². The smallest absolute Gasteiger partial charge is 0.326 e. The zero-order chi connectivity index (χ0) is 15.8. The second-order valence-corrected chi connectivity index (χ2v) is 4.20. The van der Waals surface area contributed by atoms with E-state index in [1.54, 1.807) is 6.92 Å². The second-order valence-electron chi connectivity index (χ2n) is 4.20. The lowest BCUT2D eigenvalue weighted by Crippen LogP contribution is -2.46. The number of carbonyl (C=O) groups excluding carboxylic acids is 1. The van der Waals surface area contributed by atoms with Crippen LogP contribution in [-0.4, -0.2) is 50.9 Å². The van der Waals surface area contributed by atoms with E-state index in [-0.39, 0.29) is 19.4 Å². The number of aryl methyl sites for hydroxylation is 1. The zero-order valence-electron chi connectivity index (χ0n) is 11.3. The molecular weight excluding hydrogens is 284 g/mol. The van der Waals surface area contributed by atoms with Gasteiger partial charge in [-0.15, -0.1) is 0 Å². The fourth-order valence-electron chi connectivity index (χ4n) is 1.47. The highest BCUT2D eigenvalue weighted by Gasteiger charge is 2.20. The fourth-order valence-corrected chi connectivity index (χ4v) is 1.47. The first-order chi connectivity index (χ1) is 9.88. The van der Waals surface area contributed by atoms with Gasteiger partial charge in [0.1, 0.15) is 6.04 Å². The number of carbonyl (C=O) groups is 3. The lowest BCUT2D eigenvalue weighted by molar-refractivity contribution is -0.140. The molecular formula is C11H16N4O6. The highest BCUT2D eigenvalue weighted by molar-refractivity contribution is 5.82. The second kappa shape index (κ2) is 7.82. The van der Waals surface area contributed by atoms with Crippen LogP contribution in [-0.2, 0) is 16.0 Å². The maximum Gasteiger partial charge on any atom is 0.326 e. The number of carboxylic acids is 2. The van der Waals surface area contributed by atoms with E-state index in [0.717, 1.165) is 0 Å². The van der Waals surface area contributed by atoms with Crippen LogP contribution < -0.4 is 10.6 Å². The van der Waals surface area contributed by atoms with E-state index in [2.05, 4.69) is 20.8 Å². The van der Waals surface area contributed by atoms with E-state index < -0.39 is 24.0 Å². The average Bonchev–Trinajstić information content (AvgIpc) is 2.79. The molecule has 0 saturated carbocycles. The van der Waals surface area contributed by atoms with Gasteiger partial charge in [0, 0.05) is 26.3 Å². The largest absolute Gasteiger partial charge is 0.481 e. The molecule has 0 aliphatic heterocycles. The third-order valence-corrected chi connectivity index (χ3v) is 2.45. The van der Waals surface area contributed by atoms with Crippen molar-refractivity contribution in [3.63, 3.8) is 0 Å². The van der Waals surface area contributed by atoms with Crippen LogP contribution in [0.5, 0.6) is 0 Å². The van der Waals surface area contributed by atoms with Crippen molar-refractivity contribution in [2.45, 2.75) is 32.2 Å². The summed E-state index contributed by atoms with van der Waals surface area (Å²) >= 11 is 0. The summed E-state index contributed by atoms with van der Waals surface area (Å²) in [4.78, 5) is 36.7. The summed E-state index contributed by atoms with van der Waals surface area (Å²) in [5.74, 6) is -1.58. The molecule has 0 spiro atoms. The van der Waals surface area contributed by atoms with Crippen molar-refractivity contribution in [3.05, 3.63) is 11.7 Å². The van der Waals surface area contributed by atoms with Crippen molar-refractivity contribution in [2.75, 3.05) is 6.54 Å². The van der Waals surface area contributed by atoms with Gasteiger partial charge in [-0.2, -0.15) is 4.98 Å². The van der Waals surface area contributed by atoms with Crippen molar-refractivity contribution in [1.82, 2.24) is 20.8 Å². The third-order valence-electron chi connectivity index (χ3n) is 2.45. The number of hydrogen-bond donors (Lipinski definition) is 4. The van der Waals surface area contributed by atoms with E-state index in [4.69, 9.17) is 14.7 Å². The van der Waals surface area contributed by atoms with Gasteiger partial charge < -0.3 is 25.4 Å². The molecule has 2 amide bonds. The minimum Gasteiger partial charge on any atom is -0.481 e. The van der Waals surface area contributed by atoms with Crippen LogP contribution in [0.2, 0.25) is 0 Å². The molecule has 0 aliphatic rings. The van der Waals surface area contributed by atoms with Crippen LogP contribution in [0, 0.1) is 6.92 Å². The SMILES string of the molecule is Cc1nc(CCNC(=O)N[C@@H](CCC(=O)O)C(=O)O)no1. The van der Waals surface area contributed by atoms with Crippen LogP contribution in [0.3, 0.4) is 0 Å². The molecule has 0 unspecified atom stereocenters. The lowest BCUT2D eigenvalue weighted by Gasteiger charge is -2.13. The molecule has 1 atom stereocenters. The Labute approximate surface area is 119 Å². The number of nitrogens with one attached hydrogen (secondary N) is 2. The number of nitrogens with zero attached hydrogens (tertiary/aromatic N) is 2. The number of hydrogen-bond acceptors (Lipinski definition) is 6. The summed E-state index contributed by atoms with van der Waals surface area (Å²) in [5.41, 5.74) is 0. The quantitative estimate of drug-likeness (QED) is 0.502. The Hall–Kier alpha value is -2.65. The normalized spacial score (nSPS) is 11.7. The summed E-state index contributed by atoms with van der Waals surface area (Å²) in [6.45, 7) is 1.83. The number of aliphatic carboxylic acids is 2. The fraction of sp³-hybridized carbons (Fsp3) is 0.545. The van der Waals surface area contributed by atoms with E-state index in [1.807, 2.05) is 0 Å². The minimum atomic E-state index is -1.29. The van der Waals surface area contributed by atoms with Gasteiger partial charge in [0.15, 0.2) is 5.82 Å². The summed E-state index contributed by atoms with van der Waals surface area (Å²) < 4.78 is 4.75. The van der Waals surface area contributed by atoms with Crippen LogP contribution >= 0.6 is 0 Å². The molecule has 116 valence electrons. The van der Waals surface area contributed by atoms with Crippen molar-refractivity contribution in [3.8, 4) is 0 Å². The Morgan fingerprint density at radius 3 is 2.57 bits per heavy atom. The van der Waals surface area contributed by atoms with Gasteiger partial charge in [-0.3, -0.25) is 4.79 Å². The first-order valence-corrected chi connectivity index (χ1v) is 6.16. The van der Waals surface area contributed by atoms with Crippen molar-refractivity contribution < 1.29 is 29.1 Å². The Kier molecular flexibility index (Phi) is 6.11. The molecule has 1 rings (SSSR count). The Morgan fingerprint density at radius 1 is 1.33 bits per heavy atom. The van der Waals surface area contributed by atoms with Crippen LogP contribution in [0.4, 0.5) is 4.79 Å². The number of urea groups is 1. The van der Waals surface area contributed by atoms with Gasteiger partial charge in [0.25, 0.3) is 0 Å². The van der Waals surface area contributed by atoms with Crippen molar-refractivity contribution in [1.29, 1.82) is 0 Å². The molecule has 0 aromatic carbocycles. The molecule has 0 radical (unpaired) electrons. The molecule has 1 aromatic heterocycles. The standard InChI is InChI=1S/C11H16N4O6/c1-6-13-8(15-21-6)4-5-12-11(20)14-7(10(18)19)2-3-9(16)17/h7H,2-5H2,1H3,(H,16,17)(H,18,19)(H2,12,14,20)/t7-/m0/s1. The maximum atomic E-state index is 11.5. The monoisotopic (exact) mass is 300 g/mol. The lowest BCUT2D eigenvalue weighted by atomic mass is 10.1. The third kappa shape index (κ3) is 6.36. The van der Waals surface area contributed by atoms with Gasteiger partial charge in [-0.05, 0) is 6.42 Å². The number of rotatable bonds is 8. The summed E-state index contributed by atoms with van der Waals surface area (Å²) in [6, 6.07) is -1.96. The predicted octanol–water partition coefficient (Wildman–Crippen LogP) is -0.462. The molecule has 0 fully saturated rings. The van der Waals surface area contributed by atoms with E-state index >= 15 is 0 Å². The van der Waals surface area contributed by atoms with Crippen LogP contribution in [0.15, 0.2) is 4.52 Å². The Balaban J connectivity index is 2.32. The summed E-state index contributed by atoms with van der Waals surface area (Å²) in [5, 5.41) is 25.6. The number of aromatic nitrogens is 2. The highest BCUT2D eigenvalue weighted by atomic mass is 16.5. The first-order valence-electron chi connectivity index (χ1n) is 6.16. The molecule has 1 heterocycles. The highest BCUT2D eigenvalue weighted by Crippen LogP contribution is 1.98. The number of amides is 2. The van der Waals surface area contributed by atoms with Gasteiger partial charge >= 0.3 is 18.0 Å².